The minimum Gasteiger partial charge on any atom is -0.353 e. The highest BCUT2D eigenvalue weighted by Gasteiger charge is 2.05. The molecule has 0 saturated heterocycles. The third-order valence-corrected chi connectivity index (χ3v) is 3.34. The van der Waals surface area contributed by atoms with E-state index in [1.165, 1.54) is 0 Å². The Balaban J connectivity index is 2.39. The first-order chi connectivity index (χ1) is 8.22. The summed E-state index contributed by atoms with van der Waals surface area (Å²) in [6.45, 7) is 2.01. The highest BCUT2D eigenvalue weighted by molar-refractivity contribution is 9.10. The van der Waals surface area contributed by atoms with Crippen molar-refractivity contribution in [1.29, 1.82) is 5.26 Å². The van der Waals surface area contributed by atoms with Gasteiger partial charge in [-0.25, -0.2) is 0 Å². The molecular formula is C13H10BrN3. The van der Waals surface area contributed by atoms with Crippen molar-refractivity contribution in [3.63, 3.8) is 0 Å². The molecule has 1 heterocycles. The summed E-state index contributed by atoms with van der Waals surface area (Å²) in [6.07, 6.45) is 3.26. The number of benzene rings is 1. The average molecular weight is 288 g/mol. The monoisotopic (exact) mass is 287 g/mol. The third-order valence-electron chi connectivity index (χ3n) is 2.48. The van der Waals surface area contributed by atoms with Gasteiger partial charge in [0.2, 0.25) is 0 Å². The fraction of sp³-hybridized carbons (Fsp3) is 0.0769. The molecule has 0 saturated carbocycles. The number of hydrogen-bond acceptors (Lipinski definition) is 3. The lowest BCUT2D eigenvalue weighted by Crippen LogP contribution is -1.96. The molecule has 4 heteroatoms. The summed E-state index contributed by atoms with van der Waals surface area (Å²) in [6, 6.07) is 9.72. The topological polar surface area (TPSA) is 48.7 Å². The standard InChI is InChI=1S/C13H10BrN3/c1-9-11(14)3-2-4-12(9)17-13-8-16-6-5-10(13)7-15/h2-6,8,17H,1H3. The second-order valence-corrected chi connectivity index (χ2v) is 4.42. The van der Waals surface area contributed by atoms with Crippen LogP contribution in [-0.4, -0.2) is 4.98 Å². The van der Waals surface area contributed by atoms with Crippen LogP contribution in [0, 0.1) is 18.3 Å². The Kier molecular flexibility index (Phi) is 3.40. The molecule has 3 nitrogen and oxygen atoms in total. The first-order valence-electron chi connectivity index (χ1n) is 5.08. The van der Waals surface area contributed by atoms with Crippen LogP contribution in [0.15, 0.2) is 41.1 Å². The van der Waals surface area contributed by atoms with Gasteiger partial charge in [-0.3, -0.25) is 4.98 Å². The molecule has 0 spiro atoms. The van der Waals surface area contributed by atoms with Crippen molar-refractivity contribution in [2.75, 3.05) is 5.32 Å². The van der Waals surface area contributed by atoms with Crippen LogP contribution in [-0.2, 0) is 0 Å². The third kappa shape index (κ3) is 2.45. The van der Waals surface area contributed by atoms with Crippen LogP contribution in [0.3, 0.4) is 0 Å². The quantitative estimate of drug-likeness (QED) is 0.915. The molecule has 0 aliphatic heterocycles. The van der Waals surface area contributed by atoms with Gasteiger partial charge in [0, 0.05) is 16.4 Å². The summed E-state index contributed by atoms with van der Waals surface area (Å²) in [5.74, 6) is 0. The molecule has 0 amide bonds. The van der Waals surface area contributed by atoms with Gasteiger partial charge in [-0.1, -0.05) is 22.0 Å². The molecule has 0 aliphatic rings. The molecule has 0 bridgehead atoms. The summed E-state index contributed by atoms with van der Waals surface area (Å²) >= 11 is 3.47. The van der Waals surface area contributed by atoms with Gasteiger partial charge in [0.15, 0.2) is 0 Å². The number of nitrogens with zero attached hydrogens (tertiary/aromatic N) is 2. The van der Waals surface area contributed by atoms with Crippen LogP contribution in [0.4, 0.5) is 11.4 Å². The summed E-state index contributed by atoms with van der Waals surface area (Å²) in [4.78, 5) is 4.02. The lowest BCUT2D eigenvalue weighted by Gasteiger charge is -2.11. The van der Waals surface area contributed by atoms with Crippen LogP contribution in [0.25, 0.3) is 0 Å². The Morgan fingerprint density at radius 1 is 1.29 bits per heavy atom. The van der Waals surface area contributed by atoms with Gasteiger partial charge in [0.05, 0.1) is 17.4 Å². The molecular weight excluding hydrogens is 278 g/mol. The van der Waals surface area contributed by atoms with E-state index in [0.717, 1.165) is 21.4 Å². The van der Waals surface area contributed by atoms with Crippen LogP contribution < -0.4 is 5.32 Å². The lowest BCUT2D eigenvalue weighted by atomic mass is 10.2. The summed E-state index contributed by atoms with van der Waals surface area (Å²) in [5, 5.41) is 12.2. The van der Waals surface area contributed by atoms with Crippen molar-refractivity contribution < 1.29 is 0 Å². The average Bonchev–Trinajstić information content (AvgIpc) is 2.35. The Morgan fingerprint density at radius 2 is 2.12 bits per heavy atom. The SMILES string of the molecule is Cc1c(Br)cccc1Nc1cnccc1C#N. The van der Waals surface area contributed by atoms with Crippen molar-refractivity contribution in [3.05, 3.63) is 52.3 Å². The Hall–Kier alpha value is -1.86. The Morgan fingerprint density at radius 3 is 2.88 bits per heavy atom. The van der Waals surface area contributed by atoms with E-state index in [-0.39, 0.29) is 0 Å². The van der Waals surface area contributed by atoms with Crippen LogP contribution in [0.1, 0.15) is 11.1 Å². The van der Waals surface area contributed by atoms with E-state index in [0.29, 0.717) is 5.56 Å². The maximum Gasteiger partial charge on any atom is 0.101 e. The molecule has 0 atom stereocenters. The van der Waals surface area contributed by atoms with E-state index >= 15 is 0 Å². The normalized spacial score (nSPS) is 9.71. The number of anilines is 2. The van der Waals surface area contributed by atoms with E-state index in [4.69, 9.17) is 5.26 Å². The summed E-state index contributed by atoms with van der Waals surface area (Å²) in [5.41, 5.74) is 3.36. The van der Waals surface area contributed by atoms with Gasteiger partial charge < -0.3 is 5.32 Å². The smallest absolute Gasteiger partial charge is 0.101 e. The zero-order chi connectivity index (χ0) is 12.3. The second-order valence-electron chi connectivity index (χ2n) is 3.57. The van der Waals surface area contributed by atoms with Gasteiger partial charge in [0.1, 0.15) is 6.07 Å². The number of nitriles is 1. The molecule has 2 aromatic rings. The van der Waals surface area contributed by atoms with Crippen molar-refractivity contribution in [1.82, 2.24) is 4.98 Å². The van der Waals surface area contributed by atoms with Gasteiger partial charge in [-0.15, -0.1) is 0 Å². The largest absolute Gasteiger partial charge is 0.353 e. The van der Waals surface area contributed by atoms with Gasteiger partial charge in [0.25, 0.3) is 0 Å². The lowest BCUT2D eigenvalue weighted by molar-refractivity contribution is 1.29. The number of pyridine rings is 1. The van der Waals surface area contributed by atoms with E-state index in [2.05, 4.69) is 32.3 Å². The minimum absolute atomic E-state index is 0.583. The molecule has 84 valence electrons. The fourth-order valence-electron chi connectivity index (χ4n) is 1.48. The zero-order valence-electron chi connectivity index (χ0n) is 9.24. The van der Waals surface area contributed by atoms with Crippen molar-refractivity contribution in [3.8, 4) is 6.07 Å². The van der Waals surface area contributed by atoms with Gasteiger partial charge in [-0.05, 0) is 30.7 Å². The van der Waals surface area contributed by atoms with E-state index in [1.807, 2.05) is 25.1 Å². The molecule has 1 aromatic heterocycles. The Bertz CT molecular complexity index is 587. The molecule has 0 unspecified atom stereocenters. The Labute approximate surface area is 108 Å². The number of hydrogen-bond donors (Lipinski definition) is 1. The molecule has 0 fully saturated rings. The maximum absolute atomic E-state index is 8.99. The zero-order valence-corrected chi connectivity index (χ0v) is 10.8. The molecule has 0 radical (unpaired) electrons. The number of rotatable bonds is 2. The van der Waals surface area contributed by atoms with Crippen molar-refractivity contribution >= 4 is 27.3 Å². The highest BCUT2D eigenvalue weighted by Crippen LogP contribution is 2.27. The van der Waals surface area contributed by atoms with Crippen molar-refractivity contribution in [2.45, 2.75) is 6.92 Å². The second kappa shape index (κ2) is 4.98. The molecule has 1 N–H and O–H groups in total. The van der Waals surface area contributed by atoms with Crippen LogP contribution >= 0.6 is 15.9 Å². The summed E-state index contributed by atoms with van der Waals surface area (Å²) in [7, 11) is 0. The molecule has 17 heavy (non-hydrogen) atoms. The first kappa shape index (κ1) is 11.6. The van der Waals surface area contributed by atoms with E-state index in [9.17, 15) is 0 Å². The predicted octanol–water partition coefficient (Wildman–Crippen LogP) is 3.77. The van der Waals surface area contributed by atoms with E-state index in [1.54, 1.807) is 18.5 Å². The number of aromatic nitrogens is 1. The minimum atomic E-state index is 0.583. The van der Waals surface area contributed by atoms with Crippen LogP contribution in [0.5, 0.6) is 0 Å². The first-order valence-corrected chi connectivity index (χ1v) is 5.88. The highest BCUT2D eigenvalue weighted by atomic mass is 79.9. The van der Waals surface area contributed by atoms with Gasteiger partial charge in [-0.2, -0.15) is 5.26 Å². The molecule has 2 rings (SSSR count). The van der Waals surface area contributed by atoms with Crippen LogP contribution in [0.2, 0.25) is 0 Å². The fourth-order valence-corrected chi connectivity index (χ4v) is 1.85. The van der Waals surface area contributed by atoms with Crippen molar-refractivity contribution in [2.24, 2.45) is 0 Å². The molecule has 0 aliphatic carbocycles. The van der Waals surface area contributed by atoms with Gasteiger partial charge >= 0.3 is 0 Å². The maximum atomic E-state index is 8.99. The van der Waals surface area contributed by atoms with E-state index < -0.39 is 0 Å². The number of nitrogens with one attached hydrogen (secondary N) is 1. The predicted molar refractivity (Wildman–Crippen MR) is 71.1 cm³/mol. The number of halogens is 1. The summed E-state index contributed by atoms with van der Waals surface area (Å²) < 4.78 is 1.03. The molecule has 1 aromatic carbocycles.